The molecule has 1 aliphatic carbocycles. The van der Waals surface area contributed by atoms with E-state index in [1.54, 1.807) is 18.7 Å². The normalized spacial score (nSPS) is 15.6. The number of hydrogen-bond donors (Lipinski definition) is 0. The van der Waals surface area contributed by atoms with Gasteiger partial charge in [0, 0.05) is 43.5 Å². The number of nitrogens with zero attached hydrogens (tertiary/aromatic N) is 5. The van der Waals surface area contributed by atoms with Crippen molar-refractivity contribution in [2.24, 2.45) is 0 Å². The molecule has 2 aromatic heterocycles. The number of fused-ring (bicyclic) bond motifs is 1. The summed E-state index contributed by atoms with van der Waals surface area (Å²) in [6.07, 6.45) is 9.58. The monoisotopic (exact) mass is 449 g/mol. The van der Waals surface area contributed by atoms with Gasteiger partial charge in [-0.05, 0) is 72.7 Å². The van der Waals surface area contributed by atoms with E-state index in [2.05, 4.69) is 62.3 Å². The van der Waals surface area contributed by atoms with Crippen molar-refractivity contribution in [2.75, 3.05) is 18.0 Å². The molecule has 0 spiro atoms. The Morgan fingerprint density at radius 2 is 1.82 bits per heavy atom. The summed E-state index contributed by atoms with van der Waals surface area (Å²) >= 11 is 0. The van der Waals surface area contributed by atoms with E-state index in [4.69, 9.17) is 0 Å². The Hall–Kier alpha value is -3.80. The predicted octanol–water partition coefficient (Wildman–Crippen LogP) is 5.10. The molecular formula is C28H27N5O. The van der Waals surface area contributed by atoms with Crippen LogP contribution in [0.2, 0.25) is 0 Å². The van der Waals surface area contributed by atoms with Gasteiger partial charge in [-0.1, -0.05) is 24.3 Å². The molecule has 2 fully saturated rings. The lowest BCUT2D eigenvalue weighted by Gasteiger charge is -2.23. The zero-order valence-corrected chi connectivity index (χ0v) is 19.1. The lowest BCUT2D eigenvalue weighted by molar-refractivity contribution is 0.0729. The minimum Gasteiger partial charge on any atom is -0.356 e. The summed E-state index contributed by atoms with van der Waals surface area (Å²) in [5, 5.41) is 1.10. The van der Waals surface area contributed by atoms with Crippen LogP contribution >= 0.6 is 0 Å². The third kappa shape index (κ3) is 4.12. The van der Waals surface area contributed by atoms with Crippen molar-refractivity contribution in [3.63, 3.8) is 0 Å². The van der Waals surface area contributed by atoms with Gasteiger partial charge in [0.25, 0.3) is 5.91 Å². The van der Waals surface area contributed by atoms with E-state index in [1.165, 1.54) is 12.8 Å². The van der Waals surface area contributed by atoms with Crippen LogP contribution < -0.4 is 4.90 Å². The van der Waals surface area contributed by atoms with E-state index in [0.29, 0.717) is 18.2 Å². The SMILES string of the molecule is O=C(c1cccnc1)N(Cc1cccc(-c2ccc3ncnc(N4CCCC4)c3c2)c1)C1CC1. The number of carbonyl (C=O) groups excluding carboxylic acids is 1. The van der Waals surface area contributed by atoms with Gasteiger partial charge in [-0.3, -0.25) is 9.78 Å². The number of aromatic nitrogens is 3. The third-order valence-electron chi connectivity index (χ3n) is 6.79. The molecule has 4 aromatic rings. The lowest BCUT2D eigenvalue weighted by Crippen LogP contribution is -2.32. The van der Waals surface area contributed by atoms with Crippen molar-refractivity contribution in [3.8, 4) is 11.1 Å². The largest absolute Gasteiger partial charge is 0.356 e. The second-order valence-electron chi connectivity index (χ2n) is 9.23. The Labute approximate surface area is 199 Å². The topological polar surface area (TPSA) is 62.2 Å². The highest BCUT2D eigenvalue weighted by molar-refractivity contribution is 5.94. The molecular weight excluding hydrogens is 422 g/mol. The van der Waals surface area contributed by atoms with Gasteiger partial charge in [0.05, 0.1) is 11.1 Å². The molecule has 0 bridgehead atoms. The van der Waals surface area contributed by atoms with Crippen molar-refractivity contribution in [1.82, 2.24) is 19.9 Å². The average Bonchev–Trinajstić information content (AvgIpc) is 3.59. The molecule has 2 aliphatic rings. The average molecular weight is 450 g/mol. The molecule has 34 heavy (non-hydrogen) atoms. The third-order valence-corrected chi connectivity index (χ3v) is 6.79. The summed E-state index contributed by atoms with van der Waals surface area (Å²) < 4.78 is 0. The van der Waals surface area contributed by atoms with E-state index in [9.17, 15) is 4.79 Å². The molecule has 6 nitrogen and oxygen atoms in total. The van der Waals surface area contributed by atoms with Crippen LogP contribution in [0.5, 0.6) is 0 Å². The Morgan fingerprint density at radius 1 is 0.971 bits per heavy atom. The lowest BCUT2D eigenvalue weighted by atomic mass is 10.0. The molecule has 2 aromatic carbocycles. The van der Waals surface area contributed by atoms with Crippen molar-refractivity contribution in [2.45, 2.75) is 38.3 Å². The highest BCUT2D eigenvalue weighted by Crippen LogP contribution is 2.32. The molecule has 1 saturated heterocycles. The van der Waals surface area contributed by atoms with E-state index in [0.717, 1.165) is 59.3 Å². The summed E-state index contributed by atoms with van der Waals surface area (Å²) in [7, 11) is 0. The standard InChI is InChI=1S/C28H27N5O/c34-28(23-7-4-12-29-17-23)33(24-9-10-24)18-20-5-3-6-21(15-20)22-8-11-26-25(16-22)27(31-19-30-26)32-13-1-2-14-32/h3-8,11-12,15-17,19,24H,1-2,9-10,13-14,18H2. The van der Waals surface area contributed by atoms with Gasteiger partial charge in [-0.15, -0.1) is 0 Å². The van der Waals surface area contributed by atoms with Crippen molar-refractivity contribution < 1.29 is 4.79 Å². The predicted molar refractivity (Wildman–Crippen MR) is 134 cm³/mol. The number of rotatable bonds is 6. The molecule has 0 atom stereocenters. The van der Waals surface area contributed by atoms with Crippen LogP contribution in [0.15, 0.2) is 73.3 Å². The maximum absolute atomic E-state index is 13.2. The summed E-state index contributed by atoms with van der Waals surface area (Å²) in [6, 6.07) is 18.9. The van der Waals surface area contributed by atoms with Gasteiger partial charge < -0.3 is 9.80 Å². The van der Waals surface area contributed by atoms with E-state index in [1.807, 2.05) is 17.0 Å². The second-order valence-corrected chi connectivity index (χ2v) is 9.23. The Bertz CT molecular complexity index is 1330. The maximum atomic E-state index is 13.2. The van der Waals surface area contributed by atoms with Gasteiger partial charge in [-0.25, -0.2) is 9.97 Å². The molecule has 3 heterocycles. The fraction of sp³-hybridized carbons (Fsp3) is 0.286. The summed E-state index contributed by atoms with van der Waals surface area (Å²) in [5.41, 5.74) is 5.03. The number of pyridine rings is 1. The smallest absolute Gasteiger partial charge is 0.255 e. The maximum Gasteiger partial charge on any atom is 0.255 e. The first-order valence-corrected chi connectivity index (χ1v) is 12.1. The van der Waals surface area contributed by atoms with Crippen LogP contribution in [0, 0.1) is 0 Å². The van der Waals surface area contributed by atoms with Crippen molar-refractivity contribution >= 4 is 22.6 Å². The van der Waals surface area contributed by atoms with Gasteiger partial charge >= 0.3 is 0 Å². The minimum atomic E-state index is 0.0547. The zero-order valence-electron chi connectivity index (χ0n) is 19.1. The van der Waals surface area contributed by atoms with Gasteiger partial charge in [0.15, 0.2) is 0 Å². The van der Waals surface area contributed by atoms with Crippen molar-refractivity contribution in [1.29, 1.82) is 0 Å². The minimum absolute atomic E-state index is 0.0547. The molecule has 0 radical (unpaired) electrons. The number of amides is 1. The first kappa shape index (κ1) is 20.8. The molecule has 1 aliphatic heterocycles. The van der Waals surface area contributed by atoms with E-state index in [-0.39, 0.29) is 5.91 Å². The number of carbonyl (C=O) groups is 1. The molecule has 1 saturated carbocycles. The van der Waals surface area contributed by atoms with Crippen LogP contribution in [-0.4, -0.2) is 44.9 Å². The second kappa shape index (κ2) is 8.86. The molecule has 1 amide bonds. The molecule has 6 heteroatoms. The van der Waals surface area contributed by atoms with E-state index >= 15 is 0 Å². The number of anilines is 1. The van der Waals surface area contributed by atoms with Crippen LogP contribution in [0.1, 0.15) is 41.6 Å². The fourth-order valence-electron chi connectivity index (χ4n) is 4.86. The van der Waals surface area contributed by atoms with E-state index < -0.39 is 0 Å². The van der Waals surface area contributed by atoms with Crippen LogP contribution in [0.3, 0.4) is 0 Å². The first-order chi connectivity index (χ1) is 16.8. The molecule has 170 valence electrons. The highest BCUT2D eigenvalue weighted by Gasteiger charge is 2.33. The summed E-state index contributed by atoms with van der Waals surface area (Å²) in [4.78, 5) is 30.8. The number of hydrogen-bond acceptors (Lipinski definition) is 5. The Kier molecular flexibility index (Phi) is 5.41. The molecule has 0 N–H and O–H groups in total. The summed E-state index contributed by atoms with van der Waals surface area (Å²) in [5.74, 6) is 1.08. The number of benzene rings is 2. The van der Waals surface area contributed by atoms with Gasteiger partial charge in [-0.2, -0.15) is 0 Å². The molecule has 0 unspecified atom stereocenters. The fourth-order valence-corrected chi connectivity index (χ4v) is 4.86. The van der Waals surface area contributed by atoms with Crippen LogP contribution in [-0.2, 0) is 6.54 Å². The van der Waals surface area contributed by atoms with Gasteiger partial charge in [0.2, 0.25) is 0 Å². The first-order valence-electron chi connectivity index (χ1n) is 12.1. The van der Waals surface area contributed by atoms with Crippen molar-refractivity contribution in [3.05, 3.63) is 84.4 Å². The van der Waals surface area contributed by atoms with Crippen LogP contribution in [0.25, 0.3) is 22.0 Å². The highest BCUT2D eigenvalue weighted by atomic mass is 16.2. The molecule has 6 rings (SSSR count). The zero-order chi connectivity index (χ0) is 22.9. The Balaban J connectivity index is 1.31. The quantitative estimate of drug-likeness (QED) is 0.410. The van der Waals surface area contributed by atoms with Crippen LogP contribution in [0.4, 0.5) is 5.82 Å². The summed E-state index contributed by atoms with van der Waals surface area (Å²) in [6.45, 7) is 2.70. The Morgan fingerprint density at radius 3 is 2.62 bits per heavy atom. The van der Waals surface area contributed by atoms with Gasteiger partial charge in [0.1, 0.15) is 12.1 Å².